The first-order valence-corrected chi connectivity index (χ1v) is 9.07. The van der Waals surface area contributed by atoms with Gasteiger partial charge in [-0.1, -0.05) is 59.6 Å². The maximum absolute atomic E-state index is 12.7. The summed E-state index contributed by atoms with van der Waals surface area (Å²) in [5.74, 6) is 0. The summed E-state index contributed by atoms with van der Waals surface area (Å²) in [5, 5.41) is 8.22. The van der Waals surface area contributed by atoms with Gasteiger partial charge in [-0.15, -0.1) is 0 Å². The number of aromatic nitrogens is 2. The molecule has 0 aliphatic rings. The van der Waals surface area contributed by atoms with Gasteiger partial charge in [0.1, 0.15) is 10.2 Å². The molecule has 4 nitrogen and oxygen atoms in total. The van der Waals surface area contributed by atoms with Gasteiger partial charge in [-0.05, 0) is 40.5 Å². The highest BCUT2D eigenvalue weighted by molar-refractivity contribution is 9.10. The normalized spacial score (nSPS) is 12.0. The lowest BCUT2D eigenvalue weighted by atomic mass is 10.1. The van der Waals surface area contributed by atoms with Crippen LogP contribution in [-0.2, 0) is 0 Å². The third kappa shape index (κ3) is 3.73. The number of benzene rings is 2. The molecule has 0 amide bonds. The first kappa shape index (κ1) is 18.0. The van der Waals surface area contributed by atoms with E-state index in [-0.39, 0.29) is 11.6 Å². The number of hydrogen-bond acceptors (Lipinski definition) is 3. The van der Waals surface area contributed by atoms with E-state index < -0.39 is 0 Å². The second kappa shape index (κ2) is 7.60. The van der Waals surface area contributed by atoms with E-state index in [1.807, 2.05) is 37.3 Å². The number of rotatable bonds is 4. The van der Waals surface area contributed by atoms with Crippen LogP contribution in [0.25, 0.3) is 5.69 Å². The molecular weight excluding hydrogens is 425 g/mol. The zero-order valence-electron chi connectivity index (χ0n) is 13.2. The molecule has 0 aliphatic carbocycles. The lowest BCUT2D eigenvalue weighted by Crippen LogP contribution is -2.24. The van der Waals surface area contributed by atoms with Gasteiger partial charge in [0.25, 0.3) is 5.56 Å². The summed E-state index contributed by atoms with van der Waals surface area (Å²) in [5.41, 5.74) is 1.72. The van der Waals surface area contributed by atoms with E-state index in [0.717, 1.165) is 5.56 Å². The molecule has 2 aromatic carbocycles. The van der Waals surface area contributed by atoms with Crippen LogP contribution in [0, 0.1) is 0 Å². The fourth-order valence-electron chi connectivity index (χ4n) is 2.44. The molecule has 1 N–H and O–H groups in total. The van der Waals surface area contributed by atoms with E-state index in [2.05, 4.69) is 26.3 Å². The topological polar surface area (TPSA) is 46.9 Å². The number of hydrogen-bond donors (Lipinski definition) is 1. The molecule has 3 aromatic rings. The standard InChI is InChI=1S/C18H14BrCl2N3O/c1-11(12-6-3-2-4-7-12)23-15-10-22-24(18(25)16(15)19)17-13(20)8-5-9-14(17)21/h2-11,23H,1H3/t11-/m0/s1. The lowest BCUT2D eigenvalue weighted by Gasteiger charge is -2.17. The quantitative estimate of drug-likeness (QED) is 0.586. The lowest BCUT2D eigenvalue weighted by molar-refractivity contribution is 0.793. The summed E-state index contributed by atoms with van der Waals surface area (Å²) in [7, 11) is 0. The number of para-hydroxylation sites is 1. The van der Waals surface area contributed by atoms with Gasteiger partial charge in [-0.3, -0.25) is 4.79 Å². The summed E-state index contributed by atoms with van der Waals surface area (Å²) in [4.78, 5) is 12.7. The highest BCUT2D eigenvalue weighted by atomic mass is 79.9. The monoisotopic (exact) mass is 437 g/mol. The van der Waals surface area contributed by atoms with Crippen LogP contribution in [0.3, 0.4) is 0 Å². The minimum Gasteiger partial charge on any atom is -0.376 e. The minimum atomic E-state index is -0.347. The van der Waals surface area contributed by atoms with Crippen molar-refractivity contribution >= 4 is 44.8 Å². The van der Waals surface area contributed by atoms with Crippen molar-refractivity contribution in [1.82, 2.24) is 9.78 Å². The van der Waals surface area contributed by atoms with Gasteiger partial charge in [0.05, 0.1) is 21.9 Å². The molecule has 0 saturated carbocycles. The van der Waals surface area contributed by atoms with Crippen LogP contribution >= 0.6 is 39.1 Å². The fourth-order valence-corrected chi connectivity index (χ4v) is 3.38. The molecule has 1 heterocycles. The fraction of sp³-hybridized carbons (Fsp3) is 0.111. The second-order valence-corrected chi connectivity index (χ2v) is 7.04. The Balaban J connectivity index is 1.98. The summed E-state index contributed by atoms with van der Waals surface area (Å²) < 4.78 is 1.55. The smallest absolute Gasteiger partial charge is 0.288 e. The molecule has 0 spiro atoms. The highest BCUT2D eigenvalue weighted by Gasteiger charge is 2.16. The van der Waals surface area contributed by atoms with Crippen molar-refractivity contribution in [3.05, 3.63) is 85.2 Å². The highest BCUT2D eigenvalue weighted by Crippen LogP contribution is 2.28. The first-order valence-electron chi connectivity index (χ1n) is 7.52. The summed E-state index contributed by atoms with van der Waals surface area (Å²) in [6.07, 6.45) is 1.57. The molecule has 0 aliphatic heterocycles. The average molecular weight is 439 g/mol. The van der Waals surface area contributed by atoms with E-state index in [0.29, 0.717) is 25.9 Å². The van der Waals surface area contributed by atoms with Crippen LogP contribution in [0.4, 0.5) is 5.69 Å². The van der Waals surface area contributed by atoms with Crippen molar-refractivity contribution in [1.29, 1.82) is 0 Å². The van der Waals surface area contributed by atoms with Crippen LogP contribution in [0.2, 0.25) is 10.0 Å². The molecule has 0 fully saturated rings. The number of nitrogens with one attached hydrogen (secondary N) is 1. The number of halogens is 3. The zero-order valence-corrected chi connectivity index (χ0v) is 16.3. The Morgan fingerprint density at radius 1 is 1.08 bits per heavy atom. The second-order valence-electron chi connectivity index (χ2n) is 5.44. The SMILES string of the molecule is C[C@H](Nc1cnn(-c2c(Cl)cccc2Cl)c(=O)c1Br)c1ccccc1. The molecule has 0 bridgehead atoms. The predicted molar refractivity (Wildman–Crippen MR) is 106 cm³/mol. The van der Waals surface area contributed by atoms with Crippen LogP contribution in [0.1, 0.15) is 18.5 Å². The van der Waals surface area contributed by atoms with Crippen molar-refractivity contribution in [3.63, 3.8) is 0 Å². The van der Waals surface area contributed by atoms with Gasteiger partial charge in [0.2, 0.25) is 0 Å². The summed E-state index contributed by atoms with van der Waals surface area (Å²) >= 11 is 15.7. The molecule has 1 aromatic heterocycles. The molecule has 25 heavy (non-hydrogen) atoms. The molecule has 3 rings (SSSR count). The number of nitrogens with zero attached hydrogens (tertiary/aromatic N) is 2. The van der Waals surface area contributed by atoms with E-state index in [9.17, 15) is 4.79 Å². The average Bonchev–Trinajstić information content (AvgIpc) is 2.61. The van der Waals surface area contributed by atoms with E-state index >= 15 is 0 Å². The number of anilines is 1. The van der Waals surface area contributed by atoms with E-state index in [1.165, 1.54) is 4.68 Å². The molecule has 0 radical (unpaired) electrons. The van der Waals surface area contributed by atoms with Crippen LogP contribution in [0.5, 0.6) is 0 Å². The molecule has 128 valence electrons. The molecule has 0 saturated heterocycles. The Morgan fingerprint density at radius 3 is 2.36 bits per heavy atom. The van der Waals surface area contributed by atoms with Crippen LogP contribution < -0.4 is 10.9 Å². The Bertz CT molecular complexity index is 940. The largest absolute Gasteiger partial charge is 0.376 e. The van der Waals surface area contributed by atoms with Gasteiger partial charge in [-0.2, -0.15) is 9.78 Å². The molecule has 1 atom stereocenters. The Morgan fingerprint density at radius 2 is 1.72 bits per heavy atom. The zero-order chi connectivity index (χ0) is 18.0. The molecule has 7 heteroatoms. The third-order valence-corrected chi connectivity index (χ3v) is 5.12. The molecule has 0 unspecified atom stereocenters. The predicted octanol–water partition coefficient (Wildman–Crippen LogP) is 5.47. The van der Waals surface area contributed by atoms with Gasteiger partial charge in [0.15, 0.2) is 0 Å². The first-order chi connectivity index (χ1) is 12.0. The Labute approximate surface area is 163 Å². The van der Waals surface area contributed by atoms with Crippen molar-refractivity contribution in [3.8, 4) is 5.69 Å². The van der Waals surface area contributed by atoms with Gasteiger partial charge >= 0.3 is 0 Å². The van der Waals surface area contributed by atoms with Gasteiger partial charge < -0.3 is 5.32 Å². The summed E-state index contributed by atoms with van der Waals surface area (Å²) in [6, 6.07) is 15.0. The van der Waals surface area contributed by atoms with Gasteiger partial charge in [0, 0.05) is 6.04 Å². The third-order valence-electron chi connectivity index (χ3n) is 3.74. The van der Waals surface area contributed by atoms with Crippen molar-refractivity contribution in [2.75, 3.05) is 5.32 Å². The van der Waals surface area contributed by atoms with Crippen molar-refractivity contribution in [2.24, 2.45) is 0 Å². The van der Waals surface area contributed by atoms with Crippen LogP contribution in [0.15, 0.2) is 64.0 Å². The van der Waals surface area contributed by atoms with Crippen molar-refractivity contribution < 1.29 is 0 Å². The van der Waals surface area contributed by atoms with E-state index in [1.54, 1.807) is 24.4 Å². The maximum Gasteiger partial charge on any atom is 0.288 e. The van der Waals surface area contributed by atoms with Crippen molar-refractivity contribution in [2.45, 2.75) is 13.0 Å². The van der Waals surface area contributed by atoms with E-state index in [4.69, 9.17) is 23.2 Å². The Hall–Kier alpha value is -1.82. The van der Waals surface area contributed by atoms with Gasteiger partial charge in [-0.25, -0.2) is 0 Å². The minimum absolute atomic E-state index is 0.0125. The Kier molecular flexibility index (Phi) is 5.47. The van der Waals surface area contributed by atoms with Crippen LogP contribution in [-0.4, -0.2) is 9.78 Å². The maximum atomic E-state index is 12.7. The molecular formula is C18H14BrCl2N3O. The summed E-state index contributed by atoms with van der Waals surface area (Å²) in [6.45, 7) is 2.01.